The third-order valence-electron chi connectivity index (χ3n) is 4.13. The molecular formula is C14H27NO2. The van der Waals surface area contributed by atoms with Crippen LogP contribution in [0.15, 0.2) is 0 Å². The average molecular weight is 241 g/mol. The van der Waals surface area contributed by atoms with Gasteiger partial charge in [-0.1, -0.05) is 26.7 Å². The van der Waals surface area contributed by atoms with Crippen molar-refractivity contribution >= 4 is 5.97 Å². The van der Waals surface area contributed by atoms with E-state index in [9.17, 15) is 4.79 Å². The van der Waals surface area contributed by atoms with Crippen molar-refractivity contribution in [2.75, 3.05) is 13.7 Å². The molecule has 0 radical (unpaired) electrons. The van der Waals surface area contributed by atoms with Crippen LogP contribution in [0.4, 0.5) is 0 Å². The normalized spacial score (nSPS) is 27.8. The smallest absolute Gasteiger partial charge is 0.323 e. The van der Waals surface area contributed by atoms with Crippen molar-refractivity contribution < 1.29 is 9.53 Å². The highest BCUT2D eigenvalue weighted by molar-refractivity contribution is 5.75. The van der Waals surface area contributed by atoms with E-state index >= 15 is 0 Å². The Bertz CT molecular complexity index is 242. The molecule has 0 spiro atoms. The second-order valence-electron chi connectivity index (χ2n) is 5.28. The number of carbonyl (C=O) groups is 1. The molecule has 3 atom stereocenters. The Morgan fingerprint density at radius 2 is 2.18 bits per heavy atom. The van der Waals surface area contributed by atoms with E-state index in [1.165, 1.54) is 20.0 Å². The standard InChI is InChI=1S/C14H27NO2/c1-5-6-9-13(14(16)17-4)15-10-7-8-11(2)12(15)3/h11-13H,5-10H2,1-4H3. The highest BCUT2D eigenvalue weighted by atomic mass is 16.5. The first-order valence-electron chi connectivity index (χ1n) is 6.95. The monoisotopic (exact) mass is 241 g/mol. The summed E-state index contributed by atoms with van der Waals surface area (Å²) in [6.07, 6.45) is 5.63. The molecular weight excluding hydrogens is 214 g/mol. The number of likely N-dealkylation sites (tertiary alicyclic amines) is 1. The Morgan fingerprint density at radius 3 is 2.76 bits per heavy atom. The minimum atomic E-state index is -0.0561. The van der Waals surface area contributed by atoms with Crippen molar-refractivity contribution in [2.24, 2.45) is 5.92 Å². The number of hydrogen-bond donors (Lipinski definition) is 0. The summed E-state index contributed by atoms with van der Waals surface area (Å²) in [6.45, 7) is 7.72. The SMILES string of the molecule is CCCCC(C(=O)OC)N1CCCC(C)C1C. The molecule has 3 nitrogen and oxygen atoms in total. The van der Waals surface area contributed by atoms with Gasteiger partial charge in [0, 0.05) is 6.04 Å². The van der Waals surface area contributed by atoms with Gasteiger partial charge in [0.1, 0.15) is 6.04 Å². The lowest BCUT2D eigenvalue weighted by Gasteiger charge is -2.41. The van der Waals surface area contributed by atoms with Crippen molar-refractivity contribution in [3.05, 3.63) is 0 Å². The predicted molar refractivity (Wildman–Crippen MR) is 69.9 cm³/mol. The summed E-state index contributed by atoms with van der Waals surface area (Å²) < 4.78 is 4.97. The number of rotatable bonds is 5. The van der Waals surface area contributed by atoms with Gasteiger partial charge in [0.05, 0.1) is 7.11 Å². The average Bonchev–Trinajstić information content (AvgIpc) is 2.34. The van der Waals surface area contributed by atoms with Crippen LogP contribution in [-0.2, 0) is 9.53 Å². The van der Waals surface area contributed by atoms with Crippen LogP contribution in [0.5, 0.6) is 0 Å². The van der Waals surface area contributed by atoms with Crippen LogP contribution in [0.25, 0.3) is 0 Å². The molecule has 1 fully saturated rings. The van der Waals surface area contributed by atoms with Gasteiger partial charge in [0.15, 0.2) is 0 Å². The maximum absolute atomic E-state index is 11.9. The minimum absolute atomic E-state index is 0.0299. The second kappa shape index (κ2) is 7.00. The number of hydrogen-bond acceptors (Lipinski definition) is 3. The van der Waals surface area contributed by atoms with Crippen LogP contribution >= 0.6 is 0 Å². The summed E-state index contributed by atoms with van der Waals surface area (Å²) in [4.78, 5) is 14.3. The summed E-state index contributed by atoms with van der Waals surface area (Å²) in [5.41, 5.74) is 0. The van der Waals surface area contributed by atoms with Crippen LogP contribution in [0.3, 0.4) is 0 Å². The molecule has 1 heterocycles. The van der Waals surface area contributed by atoms with Gasteiger partial charge < -0.3 is 4.74 Å². The predicted octanol–water partition coefficient (Wildman–Crippen LogP) is 2.84. The van der Waals surface area contributed by atoms with E-state index in [1.54, 1.807) is 0 Å². The van der Waals surface area contributed by atoms with Gasteiger partial charge in [-0.15, -0.1) is 0 Å². The second-order valence-corrected chi connectivity index (χ2v) is 5.28. The number of piperidine rings is 1. The van der Waals surface area contributed by atoms with Gasteiger partial charge in [-0.25, -0.2) is 0 Å². The first kappa shape index (κ1) is 14.5. The first-order chi connectivity index (χ1) is 8.11. The van der Waals surface area contributed by atoms with Crippen molar-refractivity contribution in [3.63, 3.8) is 0 Å². The van der Waals surface area contributed by atoms with Gasteiger partial charge >= 0.3 is 5.97 Å². The number of unbranched alkanes of at least 4 members (excludes halogenated alkanes) is 1. The summed E-state index contributed by atoms with van der Waals surface area (Å²) in [5, 5.41) is 0. The molecule has 1 saturated heterocycles. The molecule has 0 bridgehead atoms. The molecule has 0 amide bonds. The summed E-state index contributed by atoms with van der Waals surface area (Å²) in [7, 11) is 1.50. The molecule has 0 aliphatic carbocycles. The molecule has 1 aliphatic rings. The summed E-state index contributed by atoms with van der Waals surface area (Å²) in [5.74, 6) is 0.622. The minimum Gasteiger partial charge on any atom is -0.468 e. The van der Waals surface area contributed by atoms with Crippen LogP contribution < -0.4 is 0 Å². The molecule has 0 aromatic carbocycles. The van der Waals surface area contributed by atoms with E-state index in [1.807, 2.05) is 0 Å². The Hall–Kier alpha value is -0.570. The lowest BCUT2D eigenvalue weighted by Crippen LogP contribution is -2.51. The molecule has 0 saturated carbocycles. The number of nitrogens with zero attached hydrogens (tertiary/aromatic N) is 1. The van der Waals surface area contributed by atoms with Crippen molar-refractivity contribution in [3.8, 4) is 0 Å². The molecule has 3 unspecified atom stereocenters. The fourth-order valence-corrected chi connectivity index (χ4v) is 2.76. The van der Waals surface area contributed by atoms with Crippen LogP contribution in [0.2, 0.25) is 0 Å². The maximum atomic E-state index is 11.9. The molecule has 0 aromatic rings. The largest absolute Gasteiger partial charge is 0.468 e. The fraction of sp³-hybridized carbons (Fsp3) is 0.929. The Balaban J connectivity index is 2.69. The van der Waals surface area contributed by atoms with Crippen LogP contribution in [-0.4, -0.2) is 36.6 Å². The van der Waals surface area contributed by atoms with Gasteiger partial charge in [0.2, 0.25) is 0 Å². The van der Waals surface area contributed by atoms with E-state index in [-0.39, 0.29) is 12.0 Å². The number of carbonyl (C=O) groups excluding carboxylic acids is 1. The summed E-state index contributed by atoms with van der Waals surface area (Å²) in [6, 6.07) is 0.461. The molecule has 17 heavy (non-hydrogen) atoms. The van der Waals surface area contributed by atoms with Crippen molar-refractivity contribution in [1.82, 2.24) is 4.90 Å². The Morgan fingerprint density at radius 1 is 1.47 bits per heavy atom. The number of ether oxygens (including phenoxy) is 1. The van der Waals surface area contributed by atoms with Crippen LogP contribution in [0, 0.1) is 5.92 Å². The first-order valence-corrected chi connectivity index (χ1v) is 6.95. The quantitative estimate of drug-likeness (QED) is 0.693. The third kappa shape index (κ3) is 3.70. The van der Waals surface area contributed by atoms with E-state index in [4.69, 9.17) is 4.74 Å². The third-order valence-corrected chi connectivity index (χ3v) is 4.13. The van der Waals surface area contributed by atoms with Gasteiger partial charge in [-0.3, -0.25) is 9.69 Å². The molecule has 0 aromatic heterocycles. The Labute approximate surface area is 106 Å². The van der Waals surface area contributed by atoms with E-state index in [0.717, 1.165) is 25.8 Å². The zero-order valence-corrected chi connectivity index (χ0v) is 11.7. The highest BCUT2D eigenvalue weighted by Crippen LogP contribution is 2.26. The van der Waals surface area contributed by atoms with Gasteiger partial charge in [-0.05, 0) is 38.6 Å². The highest BCUT2D eigenvalue weighted by Gasteiger charge is 2.34. The van der Waals surface area contributed by atoms with Crippen molar-refractivity contribution in [1.29, 1.82) is 0 Å². The number of esters is 1. The zero-order valence-electron chi connectivity index (χ0n) is 11.7. The lowest BCUT2D eigenvalue weighted by molar-refractivity contribution is -0.149. The molecule has 3 heteroatoms. The fourth-order valence-electron chi connectivity index (χ4n) is 2.76. The van der Waals surface area contributed by atoms with E-state index in [0.29, 0.717) is 12.0 Å². The molecule has 1 rings (SSSR count). The van der Waals surface area contributed by atoms with Gasteiger partial charge in [0.25, 0.3) is 0 Å². The van der Waals surface area contributed by atoms with Crippen molar-refractivity contribution in [2.45, 2.75) is 65.0 Å². The van der Waals surface area contributed by atoms with Crippen LogP contribution in [0.1, 0.15) is 52.9 Å². The maximum Gasteiger partial charge on any atom is 0.323 e. The topological polar surface area (TPSA) is 29.5 Å². The molecule has 100 valence electrons. The van der Waals surface area contributed by atoms with E-state index in [2.05, 4.69) is 25.7 Å². The molecule has 0 N–H and O–H groups in total. The molecule has 1 aliphatic heterocycles. The number of methoxy groups -OCH3 is 1. The lowest BCUT2D eigenvalue weighted by atomic mass is 9.90. The Kier molecular flexibility index (Phi) is 5.96. The zero-order chi connectivity index (χ0) is 12.8. The van der Waals surface area contributed by atoms with Gasteiger partial charge in [-0.2, -0.15) is 0 Å². The van der Waals surface area contributed by atoms with E-state index < -0.39 is 0 Å². The summed E-state index contributed by atoms with van der Waals surface area (Å²) >= 11 is 0.